The van der Waals surface area contributed by atoms with Gasteiger partial charge in [-0.25, -0.2) is 4.79 Å². The Bertz CT molecular complexity index is 549. The summed E-state index contributed by atoms with van der Waals surface area (Å²) < 4.78 is 6.14. The van der Waals surface area contributed by atoms with Gasteiger partial charge < -0.3 is 15.2 Å². The molecule has 0 saturated heterocycles. The van der Waals surface area contributed by atoms with E-state index in [0.717, 1.165) is 10.0 Å². The zero-order chi connectivity index (χ0) is 16.3. The lowest BCUT2D eigenvalue weighted by Crippen LogP contribution is -2.47. The molecule has 21 heavy (non-hydrogen) atoms. The average molecular weight is 356 g/mol. The topological polar surface area (TPSA) is 58.6 Å². The molecular weight excluding hydrogens is 334 g/mol. The molecule has 1 unspecified atom stereocenters. The van der Waals surface area contributed by atoms with E-state index in [1.165, 1.54) is 0 Å². The molecule has 0 aliphatic rings. The molecule has 0 aromatic heterocycles. The van der Waals surface area contributed by atoms with E-state index in [1.54, 1.807) is 40.7 Å². The van der Waals surface area contributed by atoms with Crippen LogP contribution >= 0.6 is 15.9 Å². The summed E-state index contributed by atoms with van der Waals surface area (Å²) in [5.41, 5.74) is -0.910. The second-order valence-electron chi connectivity index (χ2n) is 5.94. The van der Waals surface area contributed by atoms with E-state index in [4.69, 9.17) is 4.74 Å². The van der Waals surface area contributed by atoms with Gasteiger partial charge in [0.2, 0.25) is 0 Å². The Kier molecular flexibility index (Phi) is 5.45. The van der Waals surface area contributed by atoms with Crippen molar-refractivity contribution in [2.45, 2.75) is 45.8 Å². The summed E-state index contributed by atoms with van der Waals surface area (Å²) in [5, 5.41) is 13.0. The molecule has 4 nitrogen and oxygen atoms in total. The first-order valence-corrected chi connectivity index (χ1v) is 7.51. The Morgan fingerprint density at radius 1 is 1.33 bits per heavy atom. The maximum atomic E-state index is 12.1. The zero-order valence-electron chi connectivity index (χ0n) is 13.0. The van der Waals surface area contributed by atoms with Crippen LogP contribution in [0.25, 0.3) is 0 Å². The van der Waals surface area contributed by atoms with Gasteiger partial charge in [-0.1, -0.05) is 28.1 Å². The molecule has 0 bridgehead atoms. The van der Waals surface area contributed by atoms with Crippen molar-refractivity contribution in [3.05, 3.63) is 46.1 Å². The fraction of sp³-hybridized carbons (Fsp3) is 0.438. The molecule has 0 heterocycles. The van der Waals surface area contributed by atoms with Crippen molar-refractivity contribution < 1.29 is 14.6 Å². The second kappa shape index (κ2) is 6.52. The van der Waals surface area contributed by atoms with E-state index in [0.29, 0.717) is 0 Å². The summed E-state index contributed by atoms with van der Waals surface area (Å²) in [7, 11) is 0. The molecule has 0 radical (unpaired) electrons. The highest BCUT2D eigenvalue weighted by atomic mass is 79.9. The van der Waals surface area contributed by atoms with Crippen LogP contribution in [0.4, 0.5) is 4.79 Å². The van der Waals surface area contributed by atoms with Crippen LogP contribution in [0.1, 0.15) is 40.2 Å². The number of nitrogens with one attached hydrogen (secondary N) is 1. The van der Waals surface area contributed by atoms with Crippen LogP contribution in [0.3, 0.4) is 0 Å². The van der Waals surface area contributed by atoms with Crippen LogP contribution in [0.15, 0.2) is 40.6 Å². The summed E-state index contributed by atoms with van der Waals surface area (Å²) >= 11 is 3.40. The number of carbonyl (C=O) groups is 1. The number of rotatable bonds is 3. The number of halogens is 1. The number of alkyl carbamates (subject to hydrolysis) is 1. The molecular formula is C16H22BrNO3. The molecule has 0 spiro atoms. The van der Waals surface area contributed by atoms with Gasteiger partial charge in [-0.05, 0) is 58.4 Å². The fourth-order valence-corrected chi connectivity index (χ4v) is 2.28. The Balaban J connectivity index is 3.14. The number of aliphatic hydroxyl groups is 1. The van der Waals surface area contributed by atoms with Gasteiger partial charge in [0.05, 0.1) is 0 Å². The van der Waals surface area contributed by atoms with Crippen molar-refractivity contribution in [2.75, 3.05) is 0 Å². The molecule has 1 rings (SSSR count). The minimum atomic E-state index is -1.05. The van der Waals surface area contributed by atoms with Crippen molar-refractivity contribution in [1.82, 2.24) is 5.32 Å². The lowest BCUT2D eigenvalue weighted by molar-refractivity contribution is 0.0455. The highest BCUT2D eigenvalue weighted by molar-refractivity contribution is 9.10. The third-order valence-electron chi connectivity index (χ3n) is 2.94. The molecule has 1 aromatic carbocycles. The minimum absolute atomic E-state index is 0.0476. The van der Waals surface area contributed by atoms with Crippen molar-refractivity contribution in [3.8, 4) is 0 Å². The van der Waals surface area contributed by atoms with Crippen LogP contribution in [0.2, 0.25) is 0 Å². The molecule has 1 atom stereocenters. The van der Waals surface area contributed by atoms with E-state index < -0.39 is 17.2 Å². The van der Waals surface area contributed by atoms with Crippen LogP contribution in [-0.2, 0) is 10.3 Å². The molecule has 0 fully saturated rings. The van der Waals surface area contributed by atoms with E-state index in [1.807, 2.05) is 24.3 Å². The van der Waals surface area contributed by atoms with Gasteiger partial charge in [-0.2, -0.15) is 0 Å². The maximum Gasteiger partial charge on any atom is 0.408 e. The lowest BCUT2D eigenvalue weighted by Gasteiger charge is -2.32. The molecule has 0 aliphatic carbocycles. The predicted octanol–water partition coefficient (Wildman–Crippen LogP) is 4.65. The number of aliphatic hydroxyl groups excluding tert-OH is 1. The number of carbonyl (C=O) groups excluding carboxylic acids is 1. The first kappa shape index (κ1) is 17.6. The van der Waals surface area contributed by atoms with E-state index in [9.17, 15) is 9.90 Å². The van der Waals surface area contributed by atoms with Gasteiger partial charge in [0.25, 0.3) is 0 Å². The van der Waals surface area contributed by atoms with Gasteiger partial charge in [0.15, 0.2) is 0 Å². The van der Waals surface area contributed by atoms with Gasteiger partial charge in [0, 0.05) is 4.47 Å². The summed E-state index contributed by atoms with van der Waals surface area (Å²) in [6, 6.07) is 7.40. The van der Waals surface area contributed by atoms with Crippen molar-refractivity contribution in [1.29, 1.82) is 0 Å². The monoisotopic (exact) mass is 355 g/mol. The summed E-state index contributed by atoms with van der Waals surface area (Å²) in [4.78, 5) is 12.1. The SMILES string of the molecule is C/C=C(\O)C(C)(NC(=O)OC(C)(C)C)c1cccc(Br)c1. The third-order valence-corrected chi connectivity index (χ3v) is 3.43. The number of ether oxygens (including phenoxy) is 1. The van der Waals surface area contributed by atoms with Crippen LogP contribution in [0, 0.1) is 0 Å². The van der Waals surface area contributed by atoms with Crippen LogP contribution < -0.4 is 5.32 Å². The van der Waals surface area contributed by atoms with Crippen LogP contribution in [0.5, 0.6) is 0 Å². The summed E-state index contributed by atoms with van der Waals surface area (Å²) in [6.07, 6.45) is 0.969. The first-order valence-electron chi connectivity index (χ1n) is 6.71. The number of allylic oxidation sites excluding steroid dienone is 1. The average Bonchev–Trinajstić information content (AvgIpc) is 2.35. The highest BCUT2D eigenvalue weighted by Crippen LogP contribution is 2.30. The van der Waals surface area contributed by atoms with Gasteiger partial charge in [0.1, 0.15) is 16.9 Å². The summed E-state index contributed by atoms with van der Waals surface area (Å²) in [6.45, 7) is 8.81. The van der Waals surface area contributed by atoms with E-state index in [-0.39, 0.29) is 5.76 Å². The van der Waals surface area contributed by atoms with Gasteiger partial charge in [-0.15, -0.1) is 0 Å². The van der Waals surface area contributed by atoms with Crippen molar-refractivity contribution >= 4 is 22.0 Å². The number of hydrogen-bond acceptors (Lipinski definition) is 3. The molecule has 1 amide bonds. The second-order valence-corrected chi connectivity index (χ2v) is 6.85. The Labute approximate surface area is 134 Å². The third kappa shape index (κ3) is 4.77. The smallest absolute Gasteiger partial charge is 0.408 e. The molecule has 5 heteroatoms. The lowest BCUT2D eigenvalue weighted by atomic mass is 9.89. The van der Waals surface area contributed by atoms with E-state index >= 15 is 0 Å². The Morgan fingerprint density at radius 2 is 1.95 bits per heavy atom. The molecule has 116 valence electrons. The molecule has 0 saturated carbocycles. The number of benzene rings is 1. The number of amides is 1. The normalized spacial score (nSPS) is 15.2. The van der Waals surface area contributed by atoms with Gasteiger partial charge in [-0.3, -0.25) is 0 Å². The van der Waals surface area contributed by atoms with E-state index in [2.05, 4.69) is 21.2 Å². The Morgan fingerprint density at radius 3 is 2.43 bits per heavy atom. The Hall–Kier alpha value is -1.49. The summed E-state index contributed by atoms with van der Waals surface area (Å²) in [5.74, 6) is 0.0476. The minimum Gasteiger partial charge on any atom is -0.510 e. The van der Waals surface area contributed by atoms with Crippen molar-refractivity contribution in [2.24, 2.45) is 0 Å². The first-order chi connectivity index (χ1) is 9.58. The fourth-order valence-electron chi connectivity index (χ4n) is 1.88. The highest BCUT2D eigenvalue weighted by Gasteiger charge is 2.34. The predicted molar refractivity (Wildman–Crippen MR) is 87.2 cm³/mol. The molecule has 2 N–H and O–H groups in total. The largest absolute Gasteiger partial charge is 0.510 e. The quantitative estimate of drug-likeness (QED) is 0.775. The maximum absolute atomic E-state index is 12.1. The standard InChI is InChI=1S/C16H22BrNO3/c1-6-13(19)16(5,11-8-7-9-12(17)10-11)18-14(20)21-15(2,3)4/h6-10,19H,1-5H3,(H,18,20)/b13-6-. The van der Waals surface area contributed by atoms with Crippen molar-refractivity contribution in [3.63, 3.8) is 0 Å². The zero-order valence-corrected chi connectivity index (χ0v) is 14.6. The number of hydrogen-bond donors (Lipinski definition) is 2. The molecule has 0 aliphatic heterocycles. The van der Waals surface area contributed by atoms with Gasteiger partial charge >= 0.3 is 6.09 Å². The van der Waals surface area contributed by atoms with Crippen LogP contribution in [-0.4, -0.2) is 16.8 Å². The molecule has 1 aromatic rings.